The van der Waals surface area contributed by atoms with Crippen molar-refractivity contribution in [3.05, 3.63) is 93.9 Å². The Bertz CT molecular complexity index is 1290. The summed E-state index contributed by atoms with van der Waals surface area (Å²) in [6.45, 7) is 1.51. The summed E-state index contributed by atoms with van der Waals surface area (Å²) < 4.78 is 46.8. The second-order valence-corrected chi connectivity index (χ2v) is 7.82. The van der Waals surface area contributed by atoms with Gasteiger partial charge in [-0.15, -0.1) is 0 Å². The lowest BCUT2D eigenvalue weighted by Gasteiger charge is -2.16. The fourth-order valence-corrected chi connectivity index (χ4v) is 3.78. The Balaban J connectivity index is 1.65. The highest BCUT2D eigenvalue weighted by Crippen LogP contribution is 2.39. The van der Waals surface area contributed by atoms with E-state index in [9.17, 15) is 18.0 Å². The molecular formula is C24H17ClF3NO3. The van der Waals surface area contributed by atoms with Gasteiger partial charge in [0.2, 0.25) is 0 Å². The van der Waals surface area contributed by atoms with Crippen molar-refractivity contribution in [2.45, 2.75) is 19.3 Å². The molecule has 164 valence electrons. The zero-order chi connectivity index (χ0) is 23.0. The van der Waals surface area contributed by atoms with Crippen LogP contribution in [0.3, 0.4) is 0 Å². The maximum atomic E-state index is 13.9. The number of H-pyrrole nitrogens is 1. The molecule has 0 atom stereocenters. The second-order valence-electron chi connectivity index (χ2n) is 7.41. The Morgan fingerprint density at radius 3 is 2.50 bits per heavy atom. The summed E-state index contributed by atoms with van der Waals surface area (Å²) in [5.74, 6) is -6.03. The van der Waals surface area contributed by atoms with Gasteiger partial charge < -0.3 is 14.8 Å². The first-order chi connectivity index (χ1) is 15.1. The van der Waals surface area contributed by atoms with E-state index in [-0.39, 0.29) is 22.2 Å². The minimum atomic E-state index is -4.06. The average molecular weight is 460 g/mol. The number of fused-ring (bicyclic) bond motifs is 1. The molecule has 32 heavy (non-hydrogen) atoms. The van der Waals surface area contributed by atoms with E-state index in [0.29, 0.717) is 12.2 Å². The monoisotopic (exact) mass is 459 g/mol. The number of aryl methyl sites for hydroxylation is 1. The summed E-state index contributed by atoms with van der Waals surface area (Å²) in [5.41, 5.74) is 2.33. The van der Waals surface area contributed by atoms with Crippen LogP contribution < -0.4 is 4.74 Å². The molecule has 0 aliphatic carbocycles. The van der Waals surface area contributed by atoms with Crippen LogP contribution in [0.2, 0.25) is 5.02 Å². The van der Waals surface area contributed by atoms with Gasteiger partial charge in [0.15, 0.2) is 0 Å². The van der Waals surface area contributed by atoms with E-state index in [0.717, 1.165) is 34.2 Å². The Morgan fingerprint density at radius 1 is 1.12 bits per heavy atom. The summed E-state index contributed by atoms with van der Waals surface area (Å²) in [6, 6.07) is 13.5. The van der Waals surface area contributed by atoms with Crippen molar-refractivity contribution >= 4 is 28.5 Å². The second kappa shape index (κ2) is 8.24. The number of alkyl halides is 2. The lowest BCUT2D eigenvalue weighted by Crippen LogP contribution is -2.25. The molecule has 4 nitrogen and oxygen atoms in total. The van der Waals surface area contributed by atoms with Crippen molar-refractivity contribution in [2.75, 3.05) is 0 Å². The predicted molar refractivity (Wildman–Crippen MR) is 115 cm³/mol. The molecule has 0 spiro atoms. The predicted octanol–water partition coefficient (Wildman–Crippen LogP) is 6.83. The van der Waals surface area contributed by atoms with Crippen LogP contribution in [0.25, 0.3) is 10.9 Å². The molecule has 8 heteroatoms. The number of hydrogen-bond donors (Lipinski definition) is 2. The topological polar surface area (TPSA) is 62.3 Å². The van der Waals surface area contributed by atoms with Gasteiger partial charge in [0, 0.05) is 22.7 Å². The van der Waals surface area contributed by atoms with Crippen molar-refractivity contribution in [3.8, 4) is 11.5 Å². The lowest BCUT2D eigenvalue weighted by molar-refractivity contribution is -0.166. The van der Waals surface area contributed by atoms with Crippen molar-refractivity contribution in [3.63, 3.8) is 0 Å². The van der Waals surface area contributed by atoms with Crippen LogP contribution in [0.15, 0.2) is 60.8 Å². The number of carboxylic acids is 1. The number of aromatic amines is 1. The molecule has 0 fully saturated rings. The normalized spacial score (nSPS) is 11.7. The number of aliphatic carboxylic acids is 1. The van der Waals surface area contributed by atoms with E-state index in [2.05, 4.69) is 4.98 Å². The van der Waals surface area contributed by atoms with Crippen LogP contribution in [0.4, 0.5) is 13.2 Å². The summed E-state index contributed by atoms with van der Waals surface area (Å²) in [4.78, 5) is 14.0. The van der Waals surface area contributed by atoms with E-state index >= 15 is 0 Å². The maximum absolute atomic E-state index is 13.9. The molecule has 2 N–H and O–H groups in total. The molecule has 0 saturated heterocycles. The van der Waals surface area contributed by atoms with Crippen LogP contribution in [0.1, 0.15) is 22.3 Å². The molecule has 0 aliphatic rings. The molecule has 0 bridgehead atoms. The van der Waals surface area contributed by atoms with Crippen molar-refractivity contribution in [1.29, 1.82) is 0 Å². The smallest absolute Gasteiger partial charge is 0.379 e. The number of aromatic nitrogens is 1. The first-order valence-corrected chi connectivity index (χ1v) is 9.97. The third-order valence-corrected chi connectivity index (χ3v) is 5.41. The largest absolute Gasteiger partial charge is 0.477 e. The van der Waals surface area contributed by atoms with Crippen LogP contribution in [0.5, 0.6) is 11.5 Å². The summed E-state index contributed by atoms with van der Waals surface area (Å²) in [7, 11) is 0. The van der Waals surface area contributed by atoms with Crippen LogP contribution in [-0.4, -0.2) is 16.1 Å². The van der Waals surface area contributed by atoms with Gasteiger partial charge in [-0.25, -0.2) is 9.18 Å². The molecule has 0 unspecified atom stereocenters. The zero-order valence-electron chi connectivity index (χ0n) is 16.8. The summed E-state index contributed by atoms with van der Waals surface area (Å²) in [6.07, 6.45) is 2.43. The van der Waals surface area contributed by atoms with E-state index in [1.54, 1.807) is 24.3 Å². The third-order valence-electron chi connectivity index (χ3n) is 5.13. The number of halogens is 4. The van der Waals surface area contributed by atoms with Gasteiger partial charge in [0.1, 0.15) is 17.3 Å². The maximum Gasteiger partial charge on any atom is 0.379 e. The molecule has 1 heterocycles. The Morgan fingerprint density at radius 2 is 1.84 bits per heavy atom. The molecule has 0 amide bonds. The molecule has 3 aromatic carbocycles. The summed E-state index contributed by atoms with van der Waals surface area (Å²) in [5, 5.41) is 9.52. The molecule has 1 aromatic heterocycles. The van der Waals surface area contributed by atoms with Gasteiger partial charge in [0.25, 0.3) is 0 Å². The number of nitrogens with one attached hydrogen (secondary N) is 1. The van der Waals surface area contributed by atoms with Crippen LogP contribution >= 0.6 is 11.6 Å². The van der Waals surface area contributed by atoms with E-state index in [1.807, 2.05) is 12.3 Å². The highest BCUT2D eigenvalue weighted by molar-refractivity contribution is 6.32. The van der Waals surface area contributed by atoms with Crippen molar-refractivity contribution in [1.82, 2.24) is 4.98 Å². The van der Waals surface area contributed by atoms with E-state index < -0.39 is 17.5 Å². The highest BCUT2D eigenvalue weighted by Gasteiger charge is 2.41. The number of rotatable bonds is 6. The average Bonchev–Trinajstić information content (AvgIpc) is 3.14. The number of carboxylic acid groups (broad SMARTS) is 1. The van der Waals surface area contributed by atoms with Gasteiger partial charge >= 0.3 is 11.9 Å². The van der Waals surface area contributed by atoms with Gasteiger partial charge in [-0.1, -0.05) is 23.7 Å². The first-order valence-electron chi connectivity index (χ1n) is 9.59. The van der Waals surface area contributed by atoms with Gasteiger partial charge in [-0.2, -0.15) is 8.78 Å². The zero-order valence-corrected chi connectivity index (χ0v) is 17.5. The van der Waals surface area contributed by atoms with Crippen molar-refractivity contribution < 1.29 is 27.8 Å². The highest BCUT2D eigenvalue weighted by atomic mass is 35.5. The SMILES string of the molecule is Cc1cc(C(F)(F)C(=O)O)cc(Cl)c1Oc1ccc2[nH]cc(Cc3ccc(F)cc3)c2c1. The van der Waals surface area contributed by atoms with Crippen LogP contribution in [-0.2, 0) is 17.1 Å². The van der Waals surface area contributed by atoms with Gasteiger partial charge in [-0.05, 0) is 72.5 Å². The minimum Gasteiger partial charge on any atom is -0.477 e. The molecule has 4 rings (SSSR count). The molecule has 0 radical (unpaired) electrons. The Labute approximate surface area is 186 Å². The Hall–Kier alpha value is -3.45. The number of hydrogen-bond acceptors (Lipinski definition) is 2. The quantitative estimate of drug-likeness (QED) is 0.332. The van der Waals surface area contributed by atoms with Gasteiger partial charge in [0.05, 0.1) is 5.02 Å². The first kappa shape index (κ1) is 21.8. The number of carbonyl (C=O) groups is 1. The van der Waals surface area contributed by atoms with Crippen LogP contribution in [0, 0.1) is 12.7 Å². The molecule has 0 aliphatic heterocycles. The number of benzene rings is 3. The fourth-order valence-electron chi connectivity index (χ4n) is 3.47. The fraction of sp³-hybridized carbons (Fsp3) is 0.125. The molecule has 4 aromatic rings. The molecular weight excluding hydrogens is 443 g/mol. The van der Waals surface area contributed by atoms with E-state index in [4.69, 9.17) is 21.4 Å². The third kappa shape index (κ3) is 4.16. The van der Waals surface area contributed by atoms with E-state index in [1.165, 1.54) is 19.1 Å². The number of ether oxygens (including phenoxy) is 1. The summed E-state index contributed by atoms with van der Waals surface area (Å²) >= 11 is 6.16. The van der Waals surface area contributed by atoms with Gasteiger partial charge in [-0.3, -0.25) is 0 Å². The standard InChI is InChI=1S/C24H17ClF3NO3/c1-13-8-16(24(27,28)23(30)31)10-20(25)22(13)32-18-6-7-21-19(11-18)15(12-29-21)9-14-2-4-17(26)5-3-14/h2-8,10-12,29H,9H2,1H3,(H,30,31). The minimum absolute atomic E-state index is 0.123. The lowest BCUT2D eigenvalue weighted by atomic mass is 10.0. The Kier molecular flexibility index (Phi) is 5.60. The molecule has 0 saturated carbocycles. The van der Waals surface area contributed by atoms with Crippen molar-refractivity contribution in [2.24, 2.45) is 0 Å².